The highest BCUT2D eigenvalue weighted by Crippen LogP contribution is 2.31. The van der Waals surface area contributed by atoms with E-state index < -0.39 is 0 Å². The SMILES string of the molecule is CC1(C)C=CC=CC(c2cccc3nc(NC(=O)C4CC4)nn23)=C1. The molecule has 1 fully saturated rings. The molecule has 1 saturated carbocycles. The Kier molecular flexibility index (Phi) is 3.37. The van der Waals surface area contributed by atoms with Crippen LogP contribution >= 0.6 is 0 Å². The van der Waals surface area contributed by atoms with Crippen LogP contribution in [0.1, 0.15) is 32.4 Å². The highest BCUT2D eigenvalue weighted by molar-refractivity contribution is 5.92. The second kappa shape index (κ2) is 5.44. The maximum Gasteiger partial charge on any atom is 0.249 e. The normalized spacial score (nSPS) is 19.2. The molecule has 2 heterocycles. The smallest absolute Gasteiger partial charge is 0.249 e. The summed E-state index contributed by atoms with van der Waals surface area (Å²) in [7, 11) is 0. The van der Waals surface area contributed by atoms with Crippen LogP contribution in [0.5, 0.6) is 0 Å². The zero-order valence-corrected chi connectivity index (χ0v) is 13.9. The molecule has 0 saturated heterocycles. The Morgan fingerprint density at radius 1 is 1.29 bits per heavy atom. The van der Waals surface area contributed by atoms with Crippen molar-refractivity contribution in [2.75, 3.05) is 5.32 Å². The van der Waals surface area contributed by atoms with E-state index in [2.05, 4.69) is 53.6 Å². The number of aromatic nitrogens is 3. The standard InChI is InChI=1S/C19H20N4O/c1-19(2)11-4-3-6-14(12-19)15-7-5-8-16-20-18(22-23(15)16)21-17(24)13-9-10-13/h3-8,11-13H,9-10H2,1-2H3,(H,21,22,24). The van der Waals surface area contributed by atoms with Crippen molar-refractivity contribution in [2.24, 2.45) is 11.3 Å². The van der Waals surface area contributed by atoms with Crippen LogP contribution in [0, 0.1) is 11.3 Å². The molecule has 0 aromatic carbocycles. The van der Waals surface area contributed by atoms with Crippen molar-refractivity contribution >= 4 is 23.1 Å². The van der Waals surface area contributed by atoms with Gasteiger partial charge in [0.25, 0.3) is 0 Å². The van der Waals surface area contributed by atoms with E-state index in [0.717, 1.165) is 29.8 Å². The number of amides is 1. The minimum absolute atomic E-state index is 0.0198. The maximum atomic E-state index is 11.9. The van der Waals surface area contributed by atoms with Crippen molar-refractivity contribution < 1.29 is 4.79 Å². The fourth-order valence-electron chi connectivity index (χ4n) is 2.85. The number of hydrogen-bond acceptors (Lipinski definition) is 3. The summed E-state index contributed by atoms with van der Waals surface area (Å²) in [4.78, 5) is 16.4. The number of pyridine rings is 1. The molecule has 0 spiro atoms. The second-order valence-electron chi connectivity index (χ2n) is 7.02. The van der Waals surface area contributed by atoms with Crippen LogP contribution in [0.25, 0.3) is 11.2 Å². The van der Waals surface area contributed by atoms with E-state index in [0.29, 0.717) is 5.95 Å². The quantitative estimate of drug-likeness (QED) is 0.940. The molecule has 0 unspecified atom stereocenters. The van der Waals surface area contributed by atoms with E-state index in [1.54, 1.807) is 4.52 Å². The van der Waals surface area contributed by atoms with Gasteiger partial charge in [-0.2, -0.15) is 4.98 Å². The van der Waals surface area contributed by atoms with Crippen LogP contribution in [0.4, 0.5) is 5.95 Å². The van der Waals surface area contributed by atoms with Crippen molar-refractivity contribution in [3.8, 4) is 0 Å². The maximum absolute atomic E-state index is 11.9. The van der Waals surface area contributed by atoms with Crippen LogP contribution in [0.15, 0.2) is 48.6 Å². The predicted octanol–water partition coefficient (Wildman–Crippen LogP) is 3.61. The number of carbonyl (C=O) groups excluding carboxylic acids is 1. The fraction of sp³-hybridized carbons (Fsp3) is 0.316. The molecule has 2 aromatic heterocycles. The number of hydrogen-bond donors (Lipinski definition) is 1. The summed E-state index contributed by atoms with van der Waals surface area (Å²) in [6.07, 6.45) is 12.5. The molecular formula is C19H20N4O. The average molecular weight is 320 g/mol. The van der Waals surface area contributed by atoms with Gasteiger partial charge >= 0.3 is 0 Å². The van der Waals surface area contributed by atoms with E-state index in [-0.39, 0.29) is 17.2 Å². The monoisotopic (exact) mass is 320 g/mol. The molecule has 1 N–H and O–H groups in total. The minimum Gasteiger partial charge on any atom is -0.293 e. The van der Waals surface area contributed by atoms with E-state index in [4.69, 9.17) is 0 Å². The number of allylic oxidation sites excluding steroid dienone is 6. The van der Waals surface area contributed by atoms with Crippen molar-refractivity contribution in [1.29, 1.82) is 0 Å². The highest BCUT2D eigenvalue weighted by Gasteiger charge is 2.30. The first-order chi connectivity index (χ1) is 11.5. The molecule has 2 aromatic rings. The minimum atomic E-state index is -0.0371. The van der Waals surface area contributed by atoms with Gasteiger partial charge in [-0.15, -0.1) is 5.10 Å². The lowest BCUT2D eigenvalue weighted by Gasteiger charge is -2.15. The average Bonchev–Trinajstić information content (AvgIpc) is 3.32. The molecule has 0 bridgehead atoms. The number of rotatable bonds is 3. The fourth-order valence-corrected chi connectivity index (χ4v) is 2.85. The molecule has 2 aliphatic carbocycles. The topological polar surface area (TPSA) is 59.3 Å². The van der Waals surface area contributed by atoms with Crippen LogP contribution in [0.2, 0.25) is 0 Å². The molecule has 2 aliphatic rings. The van der Waals surface area contributed by atoms with E-state index in [1.807, 2.05) is 24.3 Å². The van der Waals surface area contributed by atoms with Crippen molar-refractivity contribution in [3.05, 3.63) is 54.3 Å². The third-order valence-corrected chi connectivity index (χ3v) is 4.28. The molecule has 0 aliphatic heterocycles. The number of nitrogens with one attached hydrogen (secondary N) is 1. The molecule has 1 amide bonds. The van der Waals surface area contributed by atoms with Gasteiger partial charge in [-0.25, -0.2) is 4.52 Å². The molecule has 24 heavy (non-hydrogen) atoms. The van der Waals surface area contributed by atoms with Gasteiger partial charge in [0.2, 0.25) is 11.9 Å². The molecule has 5 nitrogen and oxygen atoms in total. The molecular weight excluding hydrogens is 300 g/mol. The van der Waals surface area contributed by atoms with Gasteiger partial charge < -0.3 is 0 Å². The highest BCUT2D eigenvalue weighted by atomic mass is 16.2. The Morgan fingerprint density at radius 3 is 2.92 bits per heavy atom. The summed E-state index contributed by atoms with van der Waals surface area (Å²) in [5, 5.41) is 7.32. The summed E-state index contributed by atoms with van der Waals surface area (Å²) >= 11 is 0. The summed E-state index contributed by atoms with van der Waals surface area (Å²) in [5.74, 6) is 0.525. The first-order valence-electron chi connectivity index (χ1n) is 8.28. The van der Waals surface area contributed by atoms with Crippen molar-refractivity contribution in [2.45, 2.75) is 26.7 Å². The number of fused-ring (bicyclic) bond motifs is 1. The number of anilines is 1. The Bertz CT molecular complexity index is 897. The number of nitrogens with zero attached hydrogens (tertiary/aromatic N) is 3. The summed E-state index contributed by atoms with van der Waals surface area (Å²) in [5.41, 5.74) is 2.73. The molecule has 5 heteroatoms. The molecule has 0 radical (unpaired) electrons. The molecule has 122 valence electrons. The zero-order valence-electron chi connectivity index (χ0n) is 13.9. The van der Waals surface area contributed by atoms with E-state index in [9.17, 15) is 4.79 Å². The van der Waals surface area contributed by atoms with Crippen LogP contribution in [-0.4, -0.2) is 20.5 Å². The number of carbonyl (C=O) groups is 1. The lowest BCUT2D eigenvalue weighted by atomic mass is 9.90. The third kappa shape index (κ3) is 2.89. The van der Waals surface area contributed by atoms with Gasteiger partial charge in [-0.3, -0.25) is 10.1 Å². The lowest BCUT2D eigenvalue weighted by molar-refractivity contribution is -0.117. The third-order valence-electron chi connectivity index (χ3n) is 4.28. The van der Waals surface area contributed by atoms with Gasteiger partial charge in [-0.05, 0) is 30.5 Å². The van der Waals surface area contributed by atoms with Crippen LogP contribution < -0.4 is 5.32 Å². The molecule has 4 rings (SSSR count). The van der Waals surface area contributed by atoms with Crippen molar-refractivity contribution in [3.63, 3.8) is 0 Å². The van der Waals surface area contributed by atoms with E-state index >= 15 is 0 Å². The largest absolute Gasteiger partial charge is 0.293 e. The lowest BCUT2D eigenvalue weighted by Crippen LogP contribution is -2.14. The Labute approximate surface area is 140 Å². The Hall–Kier alpha value is -2.69. The Balaban J connectivity index is 1.74. The van der Waals surface area contributed by atoms with E-state index in [1.165, 1.54) is 0 Å². The van der Waals surface area contributed by atoms with Crippen molar-refractivity contribution in [1.82, 2.24) is 14.6 Å². The first-order valence-corrected chi connectivity index (χ1v) is 8.28. The van der Waals surface area contributed by atoms with Gasteiger partial charge in [0.15, 0.2) is 5.65 Å². The predicted molar refractivity (Wildman–Crippen MR) is 94.4 cm³/mol. The first kappa shape index (κ1) is 14.9. The van der Waals surface area contributed by atoms with Gasteiger partial charge in [0.1, 0.15) is 0 Å². The zero-order chi connectivity index (χ0) is 16.7. The summed E-state index contributed by atoms with van der Waals surface area (Å²) < 4.78 is 1.79. The summed E-state index contributed by atoms with van der Waals surface area (Å²) in [6.45, 7) is 4.33. The van der Waals surface area contributed by atoms with Gasteiger partial charge in [0, 0.05) is 11.3 Å². The van der Waals surface area contributed by atoms with Gasteiger partial charge in [-0.1, -0.05) is 50.3 Å². The van der Waals surface area contributed by atoms with Crippen LogP contribution in [-0.2, 0) is 4.79 Å². The molecule has 0 atom stereocenters. The Morgan fingerprint density at radius 2 is 2.12 bits per heavy atom. The van der Waals surface area contributed by atoms with Gasteiger partial charge in [0.05, 0.1) is 5.69 Å². The second-order valence-corrected chi connectivity index (χ2v) is 7.02. The van der Waals surface area contributed by atoms with Crippen LogP contribution in [0.3, 0.4) is 0 Å². The summed E-state index contributed by atoms with van der Waals surface area (Å²) in [6, 6.07) is 5.88.